The predicted octanol–water partition coefficient (Wildman–Crippen LogP) is 3.53. The highest BCUT2D eigenvalue weighted by Crippen LogP contribution is 2.22. The number of halogens is 1. The van der Waals surface area contributed by atoms with Gasteiger partial charge >= 0.3 is 0 Å². The second-order valence-electron chi connectivity index (χ2n) is 7.84. The Kier molecular flexibility index (Phi) is 7.97. The van der Waals surface area contributed by atoms with Crippen molar-refractivity contribution in [3.63, 3.8) is 0 Å². The van der Waals surface area contributed by atoms with E-state index in [4.69, 9.17) is 0 Å². The lowest BCUT2D eigenvalue weighted by Gasteiger charge is -2.22. The quantitative estimate of drug-likeness (QED) is 0.347. The van der Waals surface area contributed by atoms with Gasteiger partial charge in [-0.05, 0) is 50.3 Å². The van der Waals surface area contributed by atoms with Crippen LogP contribution in [0.5, 0.6) is 0 Å². The molecule has 0 aliphatic carbocycles. The molecule has 3 N–H and O–H groups in total. The molecule has 2 heterocycles. The van der Waals surface area contributed by atoms with Crippen molar-refractivity contribution in [2.45, 2.75) is 46.2 Å². The van der Waals surface area contributed by atoms with Crippen LogP contribution in [0.4, 0.5) is 0 Å². The molecule has 0 bridgehead atoms. The molecule has 3 rings (SSSR count). The second kappa shape index (κ2) is 9.78. The first-order valence-electron chi connectivity index (χ1n) is 9.76. The van der Waals surface area contributed by atoms with Crippen LogP contribution in [-0.2, 0) is 6.42 Å². The minimum atomic E-state index is 0. The summed E-state index contributed by atoms with van der Waals surface area (Å²) in [5.41, 5.74) is 3.91. The Bertz CT molecular complexity index is 767. The van der Waals surface area contributed by atoms with Gasteiger partial charge < -0.3 is 15.6 Å². The van der Waals surface area contributed by atoms with E-state index < -0.39 is 0 Å². The Morgan fingerprint density at radius 1 is 1.33 bits per heavy atom. The molecule has 0 spiro atoms. The minimum absolute atomic E-state index is 0. The molecule has 1 aromatic heterocycles. The molecule has 5 nitrogen and oxygen atoms in total. The van der Waals surface area contributed by atoms with Crippen molar-refractivity contribution in [3.8, 4) is 0 Å². The van der Waals surface area contributed by atoms with Crippen molar-refractivity contribution in [3.05, 3.63) is 35.5 Å². The summed E-state index contributed by atoms with van der Waals surface area (Å²) in [5.74, 6) is 1.54. The van der Waals surface area contributed by atoms with Crippen LogP contribution in [0.15, 0.2) is 29.4 Å². The van der Waals surface area contributed by atoms with Crippen LogP contribution in [0.25, 0.3) is 10.9 Å². The first kappa shape index (κ1) is 22.0. The van der Waals surface area contributed by atoms with Gasteiger partial charge in [0.2, 0.25) is 0 Å². The minimum Gasteiger partial charge on any atom is -0.361 e. The van der Waals surface area contributed by atoms with Crippen LogP contribution in [-0.4, -0.2) is 54.6 Å². The van der Waals surface area contributed by atoms with E-state index in [1.807, 2.05) is 7.05 Å². The smallest absolute Gasteiger partial charge is 0.191 e. The Balaban J connectivity index is 0.00000261. The molecule has 1 fully saturated rings. The number of aromatic nitrogens is 1. The molecule has 150 valence electrons. The van der Waals surface area contributed by atoms with Gasteiger partial charge in [0, 0.05) is 55.9 Å². The summed E-state index contributed by atoms with van der Waals surface area (Å²) in [7, 11) is 1.85. The number of rotatable bonds is 5. The van der Waals surface area contributed by atoms with Crippen molar-refractivity contribution in [2.75, 3.05) is 26.7 Å². The van der Waals surface area contributed by atoms with Crippen LogP contribution in [0, 0.1) is 12.8 Å². The molecule has 1 aliphatic heterocycles. The van der Waals surface area contributed by atoms with Gasteiger partial charge in [-0.25, -0.2) is 0 Å². The number of hydrogen-bond donors (Lipinski definition) is 3. The maximum absolute atomic E-state index is 4.42. The Labute approximate surface area is 180 Å². The van der Waals surface area contributed by atoms with Crippen LogP contribution < -0.4 is 10.6 Å². The first-order valence-corrected chi connectivity index (χ1v) is 9.76. The number of fused-ring (bicyclic) bond motifs is 1. The molecule has 0 radical (unpaired) electrons. The zero-order valence-corrected chi connectivity index (χ0v) is 19.5. The third-order valence-corrected chi connectivity index (χ3v) is 5.60. The van der Waals surface area contributed by atoms with Crippen LogP contribution in [0.1, 0.15) is 31.9 Å². The van der Waals surface area contributed by atoms with E-state index in [2.05, 4.69) is 77.6 Å². The maximum Gasteiger partial charge on any atom is 0.191 e. The number of aliphatic imine (C=N–C) groups is 1. The van der Waals surface area contributed by atoms with E-state index >= 15 is 0 Å². The number of nitrogens with zero attached hydrogens (tertiary/aromatic N) is 2. The molecule has 2 aromatic rings. The van der Waals surface area contributed by atoms with Gasteiger partial charge in [-0.2, -0.15) is 0 Å². The number of nitrogens with one attached hydrogen (secondary N) is 3. The molecule has 2 unspecified atom stereocenters. The Morgan fingerprint density at radius 2 is 2.11 bits per heavy atom. The van der Waals surface area contributed by atoms with Crippen LogP contribution in [0.2, 0.25) is 0 Å². The average molecular weight is 483 g/mol. The second-order valence-corrected chi connectivity index (χ2v) is 7.84. The SMILES string of the molecule is CN=C(NCCc1c[nH]c2cccc(C)c12)NC1CN(C(C)C)CC1C.I. The van der Waals surface area contributed by atoms with Crippen LogP contribution >= 0.6 is 24.0 Å². The van der Waals surface area contributed by atoms with Gasteiger partial charge in [0.05, 0.1) is 0 Å². The summed E-state index contributed by atoms with van der Waals surface area (Å²) >= 11 is 0. The third kappa shape index (κ3) is 5.16. The van der Waals surface area contributed by atoms with Gasteiger partial charge in [0.1, 0.15) is 0 Å². The van der Waals surface area contributed by atoms with Crippen molar-refractivity contribution < 1.29 is 0 Å². The fraction of sp³-hybridized carbons (Fsp3) is 0.571. The molecule has 1 aromatic carbocycles. The summed E-state index contributed by atoms with van der Waals surface area (Å²) in [6.07, 6.45) is 3.11. The summed E-state index contributed by atoms with van der Waals surface area (Å²) in [6, 6.07) is 7.48. The van der Waals surface area contributed by atoms with E-state index in [1.54, 1.807) is 0 Å². The van der Waals surface area contributed by atoms with Gasteiger partial charge in [-0.1, -0.05) is 19.1 Å². The molecule has 1 saturated heterocycles. The highest BCUT2D eigenvalue weighted by Gasteiger charge is 2.31. The maximum atomic E-state index is 4.42. The van der Waals surface area contributed by atoms with E-state index in [0.717, 1.165) is 32.0 Å². The normalized spacial score (nSPS) is 20.9. The van der Waals surface area contributed by atoms with E-state index in [-0.39, 0.29) is 24.0 Å². The lowest BCUT2D eigenvalue weighted by atomic mass is 10.1. The monoisotopic (exact) mass is 483 g/mol. The number of likely N-dealkylation sites (tertiary alicyclic amines) is 1. The Morgan fingerprint density at radius 3 is 2.78 bits per heavy atom. The standard InChI is InChI=1S/C21H33N5.HI/c1-14(2)26-12-16(4)19(13-26)25-21(22-5)23-10-9-17-11-24-18-8-6-7-15(3)20(17)18;/h6-8,11,14,16,19,24H,9-10,12-13H2,1-5H3,(H2,22,23,25);1H. The molecule has 27 heavy (non-hydrogen) atoms. The van der Waals surface area contributed by atoms with Gasteiger partial charge in [0.25, 0.3) is 0 Å². The number of hydrogen-bond acceptors (Lipinski definition) is 2. The third-order valence-electron chi connectivity index (χ3n) is 5.60. The average Bonchev–Trinajstić information content (AvgIpc) is 3.19. The highest BCUT2D eigenvalue weighted by atomic mass is 127. The van der Waals surface area contributed by atoms with Gasteiger partial charge in [-0.3, -0.25) is 9.89 Å². The molecule has 1 aliphatic rings. The number of benzene rings is 1. The number of H-pyrrole nitrogens is 1. The lowest BCUT2D eigenvalue weighted by molar-refractivity contribution is 0.265. The first-order chi connectivity index (χ1) is 12.5. The van der Waals surface area contributed by atoms with E-state index in [1.165, 1.54) is 22.0 Å². The van der Waals surface area contributed by atoms with Crippen molar-refractivity contribution in [1.82, 2.24) is 20.5 Å². The largest absolute Gasteiger partial charge is 0.361 e. The highest BCUT2D eigenvalue weighted by molar-refractivity contribution is 14.0. The van der Waals surface area contributed by atoms with Gasteiger partial charge in [0.15, 0.2) is 5.96 Å². The lowest BCUT2D eigenvalue weighted by Crippen LogP contribution is -2.47. The summed E-state index contributed by atoms with van der Waals surface area (Å²) in [5, 5.41) is 8.46. The van der Waals surface area contributed by atoms with Crippen LogP contribution in [0.3, 0.4) is 0 Å². The summed E-state index contributed by atoms with van der Waals surface area (Å²) < 4.78 is 0. The van der Waals surface area contributed by atoms with Crippen molar-refractivity contribution in [2.24, 2.45) is 10.9 Å². The molecular weight excluding hydrogens is 449 g/mol. The molecule has 0 amide bonds. The number of aryl methyl sites for hydroxylation is 1. The van der Waals surface area contributed by atoms with Crippen molar-refractivity contribution >= 4 is 40.8 Å². The molecular formula is C21H34IN5. The number of aromatic amines is 1. The fourth-order valence-corrected chi connectivity index (χ4v) is 3.95. The zero-order valence-electron chi connectivity index (χ0n) is 17.2. The van der Waals surface area contributed by atoms with E-state index in [9.17, 15) is 0 Å². The fourth-order valence-electron chi connectivity index (χ4n) is 3.95. The predicted molar refractivity (Wildman–Crippen MR) is 126 cm³/mol. The summed E-state index contributed by atoms with van der Waals surface area (Å²) in [6.45, 7) is 12.1. The zero-order chi connectivity index (χ0) is 18.7. The van der Waals surface area contributed by atoms with Crippen molar-refractivity contribution in [1.29, 1.82) is 0 Å². The topological polar surface area (TPSA) is 55.5 Å². The Hall–Kier alpha value is -1.28. The molecule has 0 saturated carbocycles. The summed E-state index contributed by atoms with van der Waals surface area (Å²) in [4.78, 5) is 10.3. The van der Waals surface area contributed by atoms with Gasteiger partial charge in [-0.15, -0.1) is 24.0 Å². The number of guanidine groups is 1. The molecule has 2 atom stereocenters. The molecule has 6 heteroatoms. The van der Waals surface area contributed by atoms with E-state index in [0.29, 0.717) is 18.0 Å².